The van der Waals surface area contributed by atoms with Crippen molar-refractivity contribution in [3.8, 4) is 0 Å². The quantitative estimate of drug-likeness (QED) is 0.835. The number of aliphatic hydroxyl groups excluding tert-OH is 1. The molecule has 0 spiro atoms. The topological polar surface area (TPSA) is 23.5 Å². The van der Waals surface area contributed by atoms with Crippen LogP contribution in [0.1, 0.15) is 5.56 Å². The van der Waals surface area contributed by atoms with Crippen LogP contribution in [0.25, 0.3) is 0 Å². The van der Waals surface area contributed by atoms with E-state index in [4.69, 9.17) is 0 Å². The highest BCUT2D eigenvalue weighted by Crippen LogP contribution is 2.17. The van der Waals surface area contributed by atoms with E-state index in [0.29, 0.717) is 11.9 Å². The maximum Gasteiger partial charge on any atom is 0.0763 e. The fraction of sp³-hybridized carbons (Fsp3) is 0.455. The van der Waals surface area contributed by atoms with E-state index < -0.39 is 0 Å². The minimum absolute atomic E-state index is 0.308. The zero-order chi connectivity index (χ0) is 11.3. The van der Waals surface area contributed by atoms with Gasteiger partial charge in [0.1, 0.15) is 0 Å². The van der Waals surface area contributed by atoms with Crippen LogP contribution in [0.5, 0.6) is 0 Å². The van der Waals surface area contributed by atoms with Crippen LogP contribution in [-0.2, 0) is 6.54 Å². The summed E-state index contributed by atoms with van der Waals surface area (Å²) in [5, 5.41) is 10.1. The minimum Gasteiger partial charge on any atom is -0.391 e. The average Bonchev–Trinajstić information content (AvgIpc) is 2.21. The normalized spacial score (nSPS) is 13.1. The van der Waals surface area contributed by atoms with E-state index in [2.05, 4.69) is 42.8 Å². The van der Waals surface area contributed by atoms with Crippen LogP contribution in [0.15, 0.2) is 28.7 Å². The highest BCUT2D eigenvalue weighted by atomic mass is 79.9. The number of alkyl halides is 1. The van der Waals surface area contributed by atoms with Gasteiger partial charge < -0.3 is 5.11 Å². The van der Waals surface area contributed by atoms with Gasteiger partial charge in [-0.3, -0.25) is 4.90 Å². The SMILES string of the molecule is CN(Cc1ccccc1Br)CC(O)CBr. The molecule has 2 nitrogen and oxygen atoms in total. The number of rotatable bonds is 5. The lowest BCUT2D eigenvalue weighted by Crippen LogP contribution is -2.29. The fourth-order valence-corrected chi connectivity index (χ4v) is 2.01. The van der Waals surface area contributed by atoms with Gasteiger partial charge in [0.2, 0.25) is 0 Å². The van der Waals surface area contributed by atoms with Crippen LogP contribution in [0.3, 0.4) is 0 Å². The lowest BCUT2D eigenvalue weighted by Gasteiger charge is -2.19. The van der Waals surface area contributed by atoms with Crippen LogP contribution in [0, 0.1) is 0 Å². The molecule has 1 aromatic rings. The summed E-state index contributed by atoms with van der Waals surface area (Å²) in [6, 6.07) is 8.14. The predicted molar refractivity (Wildman–Crippen MR) is 70.3 cm³/mol. The highest BCUT2D eigenvalue weighted by Gasteiger charge is 2.08. The van der Waals surface area contributed by atoms with Crippen molar-refractivity contribution in [2.24, 2.45) is 0 Å². The summed E-state index contributed by atoms with van der Waals surface area (Å²) in [6.07, 6.45) is -0.308. The van der Waals surface area contributed by atoms with Gasteiger partial charge in [0, 0.05) is 22.9 Å². The van der Waals surface area contributed by atoms with E-state index in [0.717, 1.165) is 11.0 Å². The molecule has 1 rings (SSSR count). The smallest absolute Gasteiger partial charge is 0.0763 e. The van der Waals surface area contributed by atoms with Crippen molar-refractivity contribution in [1.82, 2.24) is 4.90 Å². The summed E-state index contributed by atoms with van der Waals surface area (Å²) in [4.78, 5) is 2.10. The molecule has 84 valence electrons. The molecule has 0 bridgehead atoms. The summed E-state index contributed by atoms with van der Waals surface area (Å²) < 4.78 is 1.12. The van der Waals surface area contributed by atoms with Crippen molar-refractivity contribution in [3.05, 3.63) is 34.3 Å². The van der Waals surface area contributed by atoms with E-state index in [1.165, 1.54) is 5.56 Å². The highest BCUT2D eigenvalue weighted by molar-refractivity contribution is 9.10. The second-order valence-electron chi connectivity index (χ2n) is 3.60. The summed E-state index contributed by atoms with van der Waals surface area (Å²) in [5.41, 5.74) is 1.24. The van der Waals surface area contributed by atoms with Crippen molar-refractivity contribution in [1.29, 1.82) is 0 Å². The van der Waals surface area contributed by atoms with Gasteiger partial charge >= 0.3 is 0 Å². The number of nitrogens with zero attached hydrogens (tertiary/aromatic N) is 1. The number of hydrogen-bond donors (Lipinski definition) is 1. The maximum atomic E-state index is 9.48. The van der Waals surface area contributed by atoms with E-state index in [1.54, 1.807) is 0 Å². The Hall–Kier alpha value is 0.1000. The van der Waals surface area contributed by atoms with E-state index in [9.17, 15) is 5.11 Å². The predicted octanol–water partition coefficient (Wildman–Crippen LogP) is 2.64. The standard InChI is InChI=1S/C11H15Br2NO/c1-14(8-10(15)6-12)7-9-4-2-3-5-11(9)13/h2-5,10,15H,6-8H2,1H3. The molecular formula is C11H15Br2NO. The lowest BCUT2D eigenvalue weighted by molar-refractivity contribution is 0.143. The minimum atomic E-state index is -0.308. The molecule has 0 heterocycles. The third-order valence-electron chi connectivity index (χ3n) is 2.10. The maximum absolute atomic E-state index is 9.48. The number of benzene rings is 1. The third kappa shape index (κ3) is 4.64. The van der Waals surface area contributed by atoms with Crippen LogP contribution in [-0.4, -0.2) is 35.0 Å². The Kier molecular flexibility index (Phi) is 5.82. The summed E-state index contributed by atoms with van der Waals surface area (Å²) in [7, 11) is 2.01. The molecule has 0 saturated carbocycles. The largest absolute Gasteiger partial charge is 0.391 e. The van der Waals surface area contributed by atoms with Crippen LogP contribution in [0.4, 0.5) is 0 Å². The van der Waals surface area contributed by atoms with Gasteiger partial charge in [0.15, 0.2) is 0 Å². The zero-order valence-corrected chi connectivity index (χ0v) is 11.8. The molecule has 1 aromatic carbocycles. The number of hydrogen-bond acceptors (Lipinski definition) is 2. The first kappa shape index (κ1) is 13.2. The Morgan fingerprint density at radius 2 is 2.07 bits per heavy atom. The van der Waals surface area contributed by atoms with Gasteiger partial charge in [0.25, 0.3) is 0 Å². The van der Waals surface area contributed by atoms with Gasteiger partial charge in [-0.15, -0.1) is 0 Å². The molecule has 0 aliphatic heterocycles. The second kappa shape index (κ2) is 6.63. The number of likely N-dealkylation sites (N-methyl/N-ethyl adjacent to an activating group) is 1. The van der Waals surface area contributed by atoms with Crippen molar-refractivity contribution in [3.63, 3.8) is 0 Å². The van der Waals surface area contributed by atoms with Crippen LogP contribution >= 0.6 is 31.9 Å². The Labute approximate surface area is 108 Å². The average molecular weight is 337 g/mol. The van der Waals surface area contributed by atoms with Crippen molar-refractivity contribution >= 4 is 31.9 Å². The van der Waals surface area contributed by atoms with E-state index in [1.807, 2.05) is 25.2 Å². The summed E-state index contributed by atoms with van der Waals surface area (Å²) >= 11 is 6.77. The van der Waals surface area contributed by atoms with Gasteiger partial charge in [-0.25, -0.2) is 0 Å². The first-order valence-corrected chi connectivity index (χ1v) is 6.71. The van der Waals surface area contributed by atoms with E-state index >= 15 is 0 Å². The Bertz CT molecular complexity index is 306. The first-order valence-electron chi connectivity index (χ1n) is 4.79. The second-order valence-corrected chi connectivity index (χ2v) is 5.10. The number of aliphatic hydroxyl groups is 1. The molecule has 0 radical (unpaired) electrons. The molecule has 1 unspecified atom stereocenters. The molecule has 4 heteroatoms. The molecule has 1 atom stereocenters. The Balaban J connectivity index is 2.51. The summed E-state index contributed by atoms with van der Waals surface area (Å²) in [5.74, 6) is 0. The van der Waals surface area contributed by atoms with Crippen molar-refractivity contribution in [2.75, 3.05) is 18.9 Å². The zero-order valence-electron chi connectivity index (χ0n) is 8.66. The van der Waals surface area contributed by atoms with Gasteiger partial charge in [-0.05, 0) is 18.7 Å². The lowest BCUT2D eigenvalue weighted by atomic mass is 10.2. The summed E-state index contributed by atoms with van der Waals surface area (Å²) in [6.45, 7) is 1.51. The first-order chi connectivity index (χ1) is 7.13. The van der Waals surface area contributed by atoms with Gasteiger partial charge in [-0.1, -0.05) is 50.1 Å². The van der Waals surface area contributed by atoms with Crippen molar-refractivity contribution in [2.45, 2.75) is 12.6 Å². The van der Waals surface area contributed by atoms with Gasteiger partial charge in [0.05, 0.1) is 6.10 Å². The number of halogens is 2. The fourth-order valence-electron chi connectivity index (χ4n) is 1.39. The Morgan fingerprint density at radius 1 is 1.40 bits per heavy atom. The van der Waals surface area contributed by atoms with Crippen molar-refractivity contribution < 1.29 is 5.11 Å². The molecule has 15 heavy (non-hydrogen) atoms. The molecule has 0 aromatic heterocycles. The van der Waals surface area contributed by atoms with Crippen LogP contribution in [0.2, 0.25) is 0 Å². The molecular weight excluding hydrogens is 322 g/mol. The Morgan fingerprint density at radius 3 is 2.67 bits per heavy atom. The molecule has 1 N–H and O–H groups in total. The van der Waals surface area contributed by atoms with E-state index in [-0.39, 0.29) is 6.10 Å². The van der Waals surface area contributed by atoms with Gasteiger partial charge in [-0.2, -0.15) is 0 Å². The monoisotopic (exact) mass is 335 g/mol. The molecule has 0 aliphatic rings. The molecule has 0 fully saturated rings. The van der Waals surface area contributed by atoms with Crippen LogP contribution < -0.4 is 0 Å². The molecule has 0 saturated heterocycles. The third-order valence-corrected chi connectivity index (χ3v) is 3.62. The molecule has 0 amide bonds. The molecule has 0 aliphatic carbocycles.